The zero-order valence-corrected chi connectivity index (χ0v) is 16.5. The molecule has 1 saturated heterocycles. The van der Waals surface area contributed by atoms with E-state index < -0.39 is 0 Å². The number of benzene rings is 2. The Labute approximate surface area is 161 Å². The van der Waals surface area contributed by atoms with E-state index in [-0.39, 0.29) is 11.8 Å². The van der Waals surface area contributed by atoms with Crippen molar-refractivity contribution in [3.63, 3.8) is 0 Å². The SMILES string of the molecule is CN=C(NCc1cccc2ccccc12)NC1CCN(C(=O)C(C)C)CC1. The molecule has 2 aromatic rings. The fourth-order valence-corrected chi connectivity index (χ4v) is 3.62. The van der Waals surface area contributed by atoms with Crippen LogP contribution in [-0.2, 0) is 11.3 Å². The monoisotopic (exact) mass is 366 g/mol. The number of hydrogen-bond acceptors (Lipinski definition) is 2. The Morgan fingerprint density at radius 2 is 1.85 bits per heavy atom. The summed E-state index contributed by atoms with van der Waals surface area (Å²) < 4.78 is 0. The van der Waals surface area contributed by atoms with Crippen LogP contribution in [0.15, 0.2) is 47.5 Å². The van der Waals surface area contributed by atoms with Gasteiger partial charge in [0.05, 0.1) is 0 Å². The fraction of sp³-hybridized carbons (Fsp3) is 0.455. The van der Waals surface area contributed by atoms with E-state index in [0.29, 0.717) is 6.04 Å². The number of fused-ring (bicyclic) bond motifs is 1. The summed E-state index contributed by atoms with van der Waals surface area (Å²) in [7, 11) is 1.80. The number of piperidine rings is 1. The van der Waals surface area contributed by atoms with Gasteiger partial charge in [-0.3, -0.25) is 9.79 Å². The van der Waals surface area contributed by atoms with Crippen molar-refractivity contribution in [3.8, 4) is 0 Å². The van der Waals surface area contributed by atoms with Gasteiger partial charge in [0.15, 0.2) is 5.96 Å². The van der Waals surface area contributed by atoms with E-state index in [1.54, 1.807) is 7.05 Å². The maximum atomic E-state index is 12.1. The Kier molecular flexibility index (Phi) is 6.32. The molecule has 144 valence electrons. The highest BCUT2D eigenvalue weighted by molar-refractivity contribution is 5.86. The van der Waals surface area contributed by atoms with Crippen LogP contribution in [0.4, 0.5) is 0 Å². The molecular formula is C22H30N4O. The molecule has 5 heteroatoms. The third kappa shape index (κ3) is 4.79. The molecule has 0 aromatic heterocycles. The standard InChI is InChI=1S/C22H30N4O/c1-16(2)21(27)26-13-11-19(12-14-26)25-22(23-3)24-15-18-9-6-8-17-7-4-5-10-20(17)18/h4-10,16,19H,11-15H2,1-3H3,(H2,23,24,25). The minimum atomic E-state index is 0.0737. The number of aliphatic imine (C=N–C) groups is 1. The molecule has 2 aromatic carbocycles. The summed E-state index contributed by atoms with van der Waals surface area (Å²) in [5, 5.41) is 9.47. The van der Waals surface area contributed by atoms with Gasteiger partial charge < -0.3 is 15.5 Å². The van der Waals surface area contributed by atoms with Gasteiger partial charge in [0.2, 0.25) is 5.91 Å². The maximum Gasteiger partial charge on any atom is 0.225 e. The van der Waals surface area contributed by atoms with Crippen LogP contribution in [0.25, 0.3) is 10.8 Å². The molecule has 27 heavy (non-hydrogen) atoms. The van der Waals surface area contributed by atoms with Gasteiger partial charge in [0, 0.05) is 38.6 Å². The van der Waals surface area contributed by atoms with E-state index in [4.69, 9.17) is 0 Å². The molecule has 3 rings (SSSR count). The largest absolute Gasteiger partial charge is 0.354 e. The summed E-state index contributed by atoms with van der Waals surface area (Å²) in [6.07, 6.45) is 1.90. The van der Waals surface area contributed by atoms with Gasteiger partial charge in [-0.1, -0.05) is 56.3 Å². The molecule has 1 fully saturated rings. The lowest BCUT2D eigenvalue weighted by molar-refractivity contribution is -0.135. The average Bonchev–Trinajstić information content (AvgIpc) is 2.71. The molecule has 0 radical (unpaired) electrons. The minimum Gasteiger partial charge on any atom is -0.354 e. The van der Waals surface area contributed by atoms with Crippen molar-refractivity contribution in [2.75, 3.05) is 20.1 Å². The molecule has 1 amide bonds. The molecular weight excluding hydrogens is 336 g/mol. The van der Waals surface area contributed by atoms with Gasteiger partial charge in [-0.05, 0) is 29.2 Å². The lowest BCUT2D eigenvalue weighted by atomic mass is 10.0. The molecule has 5 nitrogen and oxygen atoms in total. The topological polar surface area (TPSA) is 56.7 Å². The molecule has 0 spiro atoms. The minimum absolute atomic E-state index is 0.0737. The second-order valence-corrected chi connectivity index (χ2v) is 7.46. The Bertz CT molecular complexity index is 802. The molecule has 0 unspecified atom stereocenters. The van der Waals surface area contributed by atoms with Crippen molar-refractivity contribution in [1.29, 1.82) is 0 Å². The van der Waals surface area contributed by atoms with Crippen LogP contribution in [0.5, 0.6) is 0 Å². The van der Waals surface area contributed by atoms with E-state index in [0.717, 1.165) is 38.4 Å². The van der Waals surface area contributed by atoms with Crippen LogP contribution in [0.3, 0.4) is 0 Å². The van der Waals surface area contributed by atoms with E-state index in [2.05, 4.69) is 58.1 Å². The van der Waals surface area contributed by atoms with E-state index in [1.807, 2.05) is 18.7 Å². The smallest absolute Gasteiger partial charge is 0.225 e. The van der Waals surface area contributed by atoms with Gasteiger partial charge >= 0.3 is 0 Å². The molecule has 1 aliphatic rings. The van der Waals surface area contributed by atoms with Crippen LogP contribution < -0.4 is 10.6 Å². The number of carbonyl (C=O) groups is 1. The van der Waals surface area contributed by atoms with Crippen LogP contribution in [0.2, 0.25) is 0 Å². The molecule has 1 heterocycles. The Hall–Kier alpha value is -2.56. The van der Waals surface area contributed by atoms with Gasteiger partial charge in [0.25, 0.3) is 0 Å². The number of hydrogen-bond donors (Lipinski definition) is 2. The molecule has 0 bridgehead atoms. The predicted octanol–water partition coefficient (Wildman–Crippen LogP) is 3.15. The Balaban J connectivity index is 1.54. The highest BCUT2D eigenvalue weighted by Crippen LogP contribution is 2.18. The van der Waals surface area contributed by atoms with Crippen molar-refractivity contribution in [2.24, 2.45) is 10.9 Å². The van der Waals surface area contributed by atoms with Gasteiger partial charge in [-0.15, -0.1) is 0 Å². The van der Waals surface area contributed by atoms with Crippen molar-refractivity contribution in [2.45, 2.75) is 39.3 Å². The molecule has 2 N–H and O–H groups in total. The number of nitrogens with one attached hydrogen (secondary N) is 2. The van der Waals surface area contributed by atoms with E-state index >= 15 is 0 Å². The third-order valence-electron chi connectivity index (χ3n) is 5.19. The Morgan fingerprint density at radius 3 is 2.56 bits per heavy atom. The van der Waals surface area contributed by atoms with Crippen LogP contribution in [0, 0.1) is 5.92 Å². The maximum absolute atomic E-state index is 12.1. The second kappa shape index (κ2) is 8.89. The Morgan fingerprint density at radius 1 is 1.15 bits per heavy atom. The fourth-order valence-electron chi connectivity index (χ4n) is 3.62. The highest BCUT2D eigenvalue weighted by Gasteiger charge is 2.24. The quantitative estimate of drug-likeness (QED) is 0.646. The zero-order chi connectivity index (χ0) is 19.2. The number of amides is 1. The number of carbonyl (C=O) groups excluding carboxylic acids is 1. The van der Waals surface area contributed by atoms with Gasteiger partial charge in [-0.25, -0.2) is 0 Å². The normalized spacial score (nSPS) is 16.0. The first kappa shape index (κ1) is 19.2. The zero-order valence-electron chi connectivity index (χ0n) is 16.5. The van der Waals surface area contributed by atoms with Crippen molar-refractivity contribution in [1.82, 2.24) is 15.5 Å². The summed E-state index contributed by atoms with van der Waals surface area (Å²) >= 11 is 0. The summed E-state index contributed by atoms with van der Waals surface area (Å²) in [6, 6.07) is 15.2. The van der Waals surface area contributed by atoms with E-state index in [1.165, 1.54) is 16.3 Å². The molecule has 1 aliphatic heterocycles. The second-order valence-electron chi connectivity index (χ2n) is 7.46. The van der Waals surface area contributed by atoms with Crippen molar-refractivity contribution in [3.05, 3.63) is 48.0 Å². The predicted molar refractivity (Wildman–Crippen MR) is 112 cm³/mol. The number of likely N-dealkylation sites (tertiary alicyclic amines) is 1. The van der Waals surface area contributed by atoms with Crippen LogP contribution in [0.1, 0.15) is 32.3 Å². The number of guanidine groups is 1. The lowest BCUT2D eigenvalue weighted by Crippen LogP contribution is -2.50. The number of rotatable bonds is 4. The summed E-state index contributed by atoms with van der Waals surface area (Å²) in [5.74, 6) is 1.15. The van der Waals surface area contributed by atoms with Gasteiger partial charge in [0.1, 0.15) is 0 Å². The van der Waals surface area contributed by atoms with Gasteiger partial charge in [-0.2, -0.15) is 0 Å². The molecule has 0 atom stereocenters. The summed E-state index contributed by atoms with van der Waals surface area (Å²) in [4.78, 5) is 18.5. The van der Waals surface area contributed by atoms with Crippen molar-refractivity contribution >= 4 is 22.6 Å². The highest BCUT2D eigenvalue weighted by atomic mass is 16.2. The summed E-state index contributed by atoms with van der Waals surface area (Å²) in [5.41, 5.74) is 1.26. The first-order chi connectivity index (χ1) is 13.1. The first-order valence-electron chi connectivity index (χ1n) is 9.81. The van der Waals surface area contributed by atoms with Crippen LogP contribution in [-0.4, -0.2) is 42.9 Å². The van der Waals surface area contributed by atoms with Crippen LogP contribution >= 0.6 is 0 Å². The first-order valence-corrected chi connectivity index (χ1v) is 9.81. The number of nitrogens with zero attached hydrogens (tertiary/aromatic N) is 2. The van der Waals surface area contributed by atoms with E-state index in [9.17, 15) is 4.79 Å². The summed E-state index contributed by atoms with van der Waals surface area (Å²) in [6.45, 7) is 6.28. The lowest BCUT2D eigenvalue weighted by Gasteiger charge is -2.34. The third-order valence-corrected chi connectivity index (χ3v) is 5.19. The molecule has 0 saturated carbocycles. The molecule has 0 aliphatic carbocycles. The van der Waals surface area contributed by atoms with Crippen molar-refractivity contribution < 1.29 is 4.79 Å². The average molecular weight is 367 g/mol.